The van der Waals surface area contributed by atoms with Crippen LogP contribution in [0.15, 0.2) is 54.6 Å². The average molecular weight is 357 g/mol. The van der Waals surface area contributed by atoms with Gasteiger partial charge >= 0.3 is 0 Å². The lowest BCUT2D eigenvalue weighted by Gasteiger charge is -2.29. The SMILES string of the molecule is O=C(CCN[C@H]1CC[C@H](c2ccccc2)CC1)Nc1ccc(Cl)cc1. The minimum Gasteiger partial charge on any atom is -0.326 e. The number of nitrogens with one attached hydrogen (secondary N) is 2. The Morgan fingerprint density at radius 1 is 0.960 bits per heavy atom. The van der Waals surface area contributed by atoms with E-state index in [2.05, 4.69) is 41.0 Å². The first-order valence-corrected chi connectivity index (χ1v) is 9.42. The highest BCUT2D eigenvalue weighted by Gasteiger charge is 2.21. The van der Waals surface area contributed by atoms with Gasteiger partial charge in [0.1, 0.15) is 0 Å². The van der Waals surface area contributed by atoms with Crippen molar-refractivity contribution in [1.82, 2.24) is 5.32 Å². The van der Waals surface area contributed by atoms with E-state index in [1.807, 2.05) is 12.1 Å². The summed E-state index contributed by atoms with van der Waals surface area (Å²) in [5, 5.41) is 7.11. The standard InChI is InChI=1S/C21H25ClN2O/c22-18-8-12-20(13-9-18)24-21(25)14-15-23-19-10-6-17(7-11-19)16-4-2-1-3-5-16/h1-5,8-9,12-13,17,19,23H,6-7,10-11,14-15H2,(H,24,25)/t17-,19-. The van der Waals surface area contributed by atoms with Crippen molar-refractivity contribution in [1.29, 1.82) is 0 Å². The summed E-state index contributed by atoms with van der Waals surface area (Å²) in [5.74, 6) is 0.722. The summed E-state index contributed by atoms with van der Waals surface area (Å²) in [6, 6.07) is 18.5. The molecule has 0 heterocycles. The van der Waals surface area contributed by atoms with E-state index in [0.29, 0.717) is 23.4 Å². The first-order chi connectivity index (χ1) is 12.2. The normalized spacial score (nSPS) is 20.2. The Morgan fingerprint density at radius 2 is 1.64 bits per heavy atom. The fourth-order valence-corrected chi connectivity index (χ4v) is 3.63. The van der Waals surface area contributed by atoms with Crippen LogP contribution in [0.3, 0.4) is 0 Å². The molecule has 0 radical (unpaired) electrons. The van der Waals surface area contributed by atoms with Crippen LogP contribution in [0, 0.1) is 0 Å². The van der Waals surface area contributed by atoms with Gasteiger partial charge in [-0.1, -0.05) is 41.9 Å². The van der Waals surface area contributed by atoms with Gasteiger partial charge in [-0.15, -0.1) is 0 Å². The van der Waals surface area contributed by atoms with Crippen molar-refractivity contribution in [2.75, 3.05) is 11.9 Å². The topological polar surface area (TPSA) is 41.1 Å². The molecule has 2 aromatic rings. The van der Waals surface area contributed by atoms with E-state index in [1.54, 1.807) is 12.1 Å². The van der Waals surface area contributed by atoms with Crippen LogP contribution in [-0.4, -0.2) is 18.5 Å². The molecule has 0 aliphatic heterocycles. The van der Waals surface area contributed by atoms with Gasteiger partial charge in [0, 0.05) is 29.7 Å². The highest BCUT2D eigenvalue weighted by Crippen LogP contribution is 2.32. The number of anilines is 1. The van der Waals surface area contributed by atoms with Gasteiger partial charge in [0.05, 0.1) is 0 Å². The van der Waals surface area contributed by atoms with Gasteiger partial charge in [0.2, 0.25) is 5.91 Å². The minimum atomic E-state index is 0.0350. The number of rotatable bonds is 6. The van der Waals surface area contributed by atoms with Crippen molar-refractivity contribution >= 4 is 23.2 Å². The average Bonchev–Trinajstić information content (AvgIpc) is 2.65. The van der Waals surface area contributed by atoms with Crippen molar-refractivity contribution in [2.45, 2.75) is 44.1 Å². The van der Waals surface area contributed by atoms with Crippen LogP contribution in [0.2, 0.25) is 5.02 Å². The van der Waals surface area contributed by atoms with Crippen LogP contribution < -0.4 is 10.6 Å². The van der Waals surface area contributed by atoms with Crippen LogP contribution >= 0.6 is 11.6 Å². The Hall–Kier alpha value is -1.84. The summed E-state index contributed by atoms with van der Waals surface area (Å²) in [6.07, 6.45) is 5.29. The van der Waals surface area contributed by atoms with Gasteiger partial charge in [-0.25, -0.2) is 0 Å². The third-order valence-corrected chi connectivity index (χ3v) is 5.16. The van der Waals surface area contributed by atoms with Crippen LogP contribution in [0.1, 0.15) is 43.6 Å². The first kappa shape index (κ1) is 18.0. The molecule has 132 valence electrons. The summed E-state index contributed by atoms with van der Waals surface area (Å²) in [6.45, 7) is 0.722. The lowest BCUT2D eigenvalue weighted by molar-refractivity contribution is -0.116. The second kappa shape index (κ2) is 9.02. The predicted molar refractivity (Wildman–Crippen MR) is 104 cm³/mol. The van der Waals surface area contributed by atoms with E-state index >= 15 is 0 Å². The molecule has 0 unspecified atom stereocenters. The smallest absolute Gasteiger partial charge is 0.225 e. The molecule has 25 heavy (non-hydrogen) atoms. The zero-order chi connectivity index (χ0) is 17.5. The first-order valence-electron chi connectivity index (χ1n) is 9.04. The molecule has 1 aliphatic carbocycles. The van der Waals surface area contributed by atoms with E-state index in [0.717, 1.165) is 12.2 Å². The fourth-order valence-electron chi connectivity index (χ4n) is 3.50. The molecule has 2 N–H and O–H groups in total. The molecule has 0 saturated heterocycles. The number of carbonyl (C=O) groups is 1. The van der Waals surface area contributed by atoms with Gasteiger partial charge in [0.15, 0.2) is 0 Å². The Morgan fingerprint density at radius 3 is 2.32 bits per heavy atom. The van der Waals surface area contributed by atoms with Crippen LogP contribution in [-0.2, 0) is 4.79 Å². The van der Waals surface area contributed by atoms with Crippen molar-refractivity contribution in [2.24, 2.45) is 0 Å². The zero-order valence-corrected chi connectivity index (χ0v) is 15.1. The quantitative estimate of drug-likeness (QED) is 0.766. The predicted octanol–water partition coefficient (Wildman–Crippen LogP) is 4.98. The maximum atomic E-state index is 12.0. The third-order valence-electron chi connectivity index (χ3n) is 4.91. The molecule has 0 bridgehead atoms. The van der Waals surface area contributed by atoms with Crippen molar-refractivity contribution < 1.29 is 4.79 Å². The number of amides is 1. The van der Waals surface area contributed by atoms with E-state index in [1.165, 1.54) is 31.2 Å². The second-order valence-electron chi connectivity index (χ2n) is 6.72. The lowest BCUT2D eigenvalue weighted by Crippen LogP contribution is -2.34. The molecule has 0 aromatic heterocycles. The largest absolute Gasteiger partial charge is 0.326 e. The van der Waals surface area contributed by atoms with Crippen LogP contribution in [0.5, 0.6) is 0 Å². The molecule has 3 rings (SSSR count). The van der Waals surface area contributed by atoms with E-state index in [9.17, 15) is 4.79 Å². The molecule has 1 aliphatic rings. The summed E-state index contributed by atoms with van der Waals surface area (Å²) >= 11 is 5.84. The summed E-state index contributed by atoms with van der Waals surface area (Å²) in [5.41, 5.74) is 2.25. The Kier molecular flexibility index (Phi) is 6.48. The number of carbonyl (C=O) groups excluding carboxylic acids is 1. The maximum Gasteiger partial charge on any atom is 0.225 e. The monoisotopic (exact) mass is 356 g/mol. The third kappa shape index (κ3) is 5.58. The van der Waals surface area contributed by atoms with Gasteiger partial charge in [-0.3, -0.25) is 4.79 Å². The Balaban J connectivity index is 1.34. The Bertz CT molecular complexity index is 664. The highest BCUT2D eigenvalue weighted by atomic mass is 35.5. The van der Waals surface area contributed by atoms with E-state index in [4.69, 9.17) is 11.6 Å². The summed E-state index contributed by atoms with van der Waals surface area (Å²) in [4.78, 5) is 12.0. The molecule has 3 nitrogen and oxygen atoms in total. The molecule has 0 spiro atoms. The molecule has 1 fully saturated rings. The van der Waals surface area contributed by atoms with Crippen LogP contribution in [0.4, 0.5) is 5.69 Å². The molecular formula is C21H25ClN2O. The van der Waals surface area contributed by atoms with E-state index < -0.39 is 0 Å². The molecule has 4 heteroatoms. The summed E-state index contributed by atoms with van der Waals surface area (Å²) < 4.78 is 0. The zero-order valence-electron chi connectivity index (χ0n) is 14.4. The van der Waals surface area contributed by atoms with E-state index in [-0.39, 0.29) is 5.91 Å². The molecule has 2 aromatic carbocycles. The van der Waals surface area contributed by atoms with Crippen molar-refractivity contribution in [3.05, 3.63) is 65.2 Å². The van der Waals surface area contributed by atoms with Gasteiger partial charge in [0.25, 0.3) is 0 Å². The van der Waals surface area contributed by atoms with Crippen molar-refractivity contribution in [3.63, 3.8) is 0 Å². The van der Waals surface area contributed by atoms with Crippen LogP contribution in [0.25, 0.3) is 0 Å². The number of hydrogen-bond acceptors (Lipinski definition) is 2. The van der Waals surface area contributed by atoms with Gasteiger partial charge in [-0.2, -0.15) is 0 Å². The molecular weight excluding hydrogens is 332 g/mol. The highest BCUT2D eigenvalue weighted by molar-refractivity contribution is 6.30. The molecule has 0 atom stereocenters. The van der Waals surface area contributed by atoms with Gasteiger partial charge < -0.3 is 10.6 Å². The number of hydrogen-bond donors (Lipinski definition) is 2. The maximum absolute atomic E-state index is 12.0. The minimum absolute atomic E-state index is 0.0350. The van der Waals surface area contributed by atoms with Crippen molar-refractivity contribution in [3.8, 4) is 0 Å². The second-order valence-corrected chi connectivity index (χ2v) is 7.15. The number of halogens is 1. The van der Waals surface area contributed by atoms with Gasteiger partial charge in [-0.05, 0) is 61.4 Å². The molecule has 1 amide bonds. The lowest BCUT2D eigenvalue weighted by atomic mass is 9.82. The number of benzene rings is 2. The summed E-state index contributed by atoms with van der Waals surface area (Å²) in [7, 11) is 0. The molecule has 1 saturated carbocycles. The Labute approximate surface area is 154 Å². The fraction of sp³-hybridized carbons (Fsp3) is 0.381.